The van der Waals surface area contributed by atoms with E-state index in [0.717, 1.165) is 17.4 Å². The third kappa shape index (κ3) is 3.73. The van der Waals surface area contributed by atoms with Crippen molar-refractivity contribution in [3.63, 3.8) is 0 Å². The van der Waals surface area contributed by atoms with Crippen LogP contribution in [0.25, 0.3) is 0 Å². The van der Waals surface area contributed by atoms with Crippen molar-refractivity contribution in [2.75, 3.05) is 5.32 Å². The molecule has 4 nitrogen and oxygen atoms in total. The average molecular weight is 413 g/mol. The van der Waals surface area contributed by atoms with Gasteiger partial charge >= 0.3 is 0 Å². The largest absolute Gasteiger partial charge is 0.308 e. The molecule has 3 atom stereocenters. The van der Waals surface area contributed by atoms with Crippen LogP contribution in [0.5, 0.6) is 0 Å². The van der Waals surface area contributed by atoms with Crippen LogP contribution in [0.15, 0.2) is 24.4 Å². The summed E-state index contributed by atoms with van der Waals surface area (Å²) in [5.41, 5.74) is 0.773. The number of benzene rings is 1. The van der Waals surface area contributed by atoms with E-state index >= 15 is 0 Å². The molecule has 1 aromatic carbocycles. The zero-order chi connectivity index (χ0) is 18.3. The monoisotopic (exact) mass is 411 g/mol. The molecule has 3 unspecified atom stereocenters. The van der Waals surface area contributed by atoms with Gasteiger partial charge in [-0.15, -0.1) is 0 Å². The van der Waals surface area contributed by atoms with Crippen molar-refractivity contribution in [3.05, 3.63) is 45.0 Å². The summed E-state index contributed by atoms with van der Waals surface area (Å²) in [4.78, 5) is 12.4. The van der Waals surface area contributed by atoms with E-state index in [-0.39, 0.29) is 5.91 Å². The van der Waals surface area contributed by atoms with Gasteiger partial charge in [0, 0.05) is 28.2 Å². The first-order valence-corrected chi connectivity index (χ1v) is 10.1. The number of carbonyl (C=O) groups is 1. The highest BCUT2D eigenvalue weighted by Crippen LogP contribution is 2.49. The minimum absolute atomic E-state index is 0.00882. The zero-order valence-electron chi connectivity index (χ0n) is 14.2. The second-order valence-corrected chi connectivity index (χ2v) is 8.63. The fourth-order valence-electron chi connectivity index (χ4n) is 4.46. The summed E-state index contributed by atoms with van der Waals surface area (Å²) in [7, 11) is 0. The van der Waals surface area contributed by atoms with E-state index in [0.29, 0.717) is 39.8 Å². The van der Waals surface area contributed by atoms with Gasteiger partial charge in [0.25, 0.3) is 0 Å². The Hall–Kier alpha value is -1.23. The Bertz CT molecular complexity index is 815. The summed E-state index contributed by atoms with van der Waals surface area (Å²) in [6.07, 6.45) is 7.33. The molecule has 2 saturated carbocycles. The van der Waals surface area contributed by atoms with Gasteiger partial charge < -0.3 is 5.32 Å². The number of fused-ring (bicyclic) bond motifs is 2. The Morgan fingerprint density at radius 3 is 2.58 bits per heavy atom. The summed E-state index contributed by atoms with van der Waals surface area (Å²) in [5, 5.41) is 8.81. The van der Waals surface area contributed by atoms with Gasteiger partial charge in [0.1, 0.15) is 5.02 Å². The first kappa shape index (κ1) is 18.1. The molecular formula is C19H20Cl3N3O. The lowest BCUT2D eigenvalue weighted by atomic mass is 9.86. The highest BCUT2D eigenvalue weighted by Gasteiger charge is 2.40. The highest BCUT2D eigenvalue weighted by molar-refractivity contribution is 6.36. The van der Waals surface area contributed by atoms with Crippen LogP contribution in [-0.4, -0.2) is 15.7 Å². The fraction of sp³-hybridized carbons (Fsp3) is 0.474. The number of anilines is 1. The number of nitrogens with one attached hydrogen (secondary N) is 1. The van der Waals surface area contributed by atoms with E-state index in [1.54, 1.807) is 29.1 Å². The average Bonchev–Trinajstić information content (AvgIpc) is 3.28. The molecule has 2 aliphatic carbocycles. The summed E-state index contributed by atoms with van der Waals surface area (Å²) >= 11 is 18.7. The van der Waals surface area contributed by atoms with Gasteiger partial charge in [-0.2, -0.15) is 5.10 Å². The lowest BCUT2D eigenvalue weighted by Crippen LogP contribution is -2.20. The van der Waals surface area contributed by atoms with Crippen LogP contribution in [0.3, 0.4) is 0 Å². The second kappa shape index (κ2) is 7.41. The number of hydrogen-bond acceptors (Lipinski definition) is 2. The van der Waals surface area contributed by atoms with E-state index in [2.05, 4.69) is 10.4 Å². The molecule has 0 spiro atoms. The molecule has 1 N–H and O–H groups in total. The van der Waals surface area contributed by atoms with Gasteiger partial charge in [0.2, 0.25) is 5.91 Å². The van der Waals surface area contributed by atoms with Crippen LogP contribution in [0.2, 0.25) is 15.1 Å². The summed E-state index contributed by atoms with van der Waals surface area (Å²) in [6, 6.07) is 5.36. The predicted molar refractivity (Wildman–Crippen MR) is 105 cm³/mol. The molecule has 7 heteroatoms. The van der Waals surface area contributed by atoms with Crippen molar-refractivity contribution in [2.45, 2.75) is 38.6 Å². The lowest BCUT2D eigenvalue weighted by Gasteiger charge is -2.20. The van der Waals surface area contributed by atoms with Crippen molar-refractivity contribution in [1.82, 2.24) is 9.78 Å². The van der Waals surface area contributed by atoms with Crippen molar-refractivity contribution in [2.24, 2.45) is 17.8 Å². The van der Waals surface area contributed by atoms with Crippen molar-refractivity contribution in [1.29, 1.82) is 0 Å². The van der Waals surface area contributed by atoms with Gasteiger partial charge in [0.05, 0.1) is 6.54 Å². The third-order valence-electron chi connectivity index (χ3n) is 5.69. The first-order valence-electron chi connectivity index (χ1n) is 8.95. The smallest absolute Gasteiger partial charge is 0.225 e. The van der Waals surface area contributed by atoms with E-state index in [9.17, 15) is 4.79 Å². The van der Waals surface area contributed by atoms with Crippen molar-refractivity contribution >= 4 is 46.5 Å². The minimum Gasteiger partial charge on any atom is -0.308 e. The molecule has 26 heavy (non-hydrogen) atoms. The third-order valence-corrected chi connectivity index (χ3v) is 6.67. The molecule has 0 radical (unpaired) electrons. The number of hydrogen-bond donors (Lipinski definition) is 1. The molecular weight excluding hydrogens is 393 g/mol. The van der Waals surface area contributed by atoms with Crippen molar-refractivity contribution in [3.8, 4) is 0 Å². The number of rotatable bonds is 5. The molecule has 2 fully saturated rings. The van der Waals surface area contributed by atoms with Gasteiger partial charge in [-0.25, -0.2) is 0 Å². The standard InChI is InChI=1S/C19H20Cl3N3O/c20-15-2-1-3-16(21)14(15)9-25-10-17(22)19(24-25)23-18(26)8-13-7-11-4-5-12(13)6-11/h1-3,10-13H,4-9H2,(H,23,24,26). The van der Waals surface area contributed by atoms with Crippen LogP contribution in [0.4, 0.5) is 5.82 Å². The number of aromatic nitrogens is 2. The quantitative estimate of drug-likeness (QED) is 0.689. The maximum Gasteiger partial charge on any atom is 0.225 e. The molecule has 2 bridgehead atoms. The molecule has 2 aliphatic rings. The van der Waals surface area contributed by atoms with E-state index in [1.165, 1.54) is 25.7 Å². The van der Waals surface area contributed by atoms with Crippen LogP contribution < -0.4 is 5.32 Å². The van der Waals surface area contributed by atoms with Crippen LogP contribution in [-0.2, 0) is 11.3 Å². The second-order valence-electron chi connectivity index (χ2n) is 7.41. The molecule has 1 heterocycles. The number of amides is 1. The van der Waals surface area contributed by atoms with Crippen LogP contribution in [0, 0.1) is 17.8 Å². The van der Waals surface area contributed by atoms with Gasteiger partial charge in [0.15, 0.2) is 5.82 Å². The van der Waals surface area contributed by atoms with E-state index < -0.39 is 0 Å². The van der Waals surface area contributed by atoms with E-state index in [4.69, 9.17) is 34.8 Å². The molecule has 1 aromatic heterocycles. The Morgan fingerprint density at radius 2 is 1.92 bits per heavy atom. The first-order chi connectivity index (χ1) is 12.5. The molecule has 138 valence electrons. The molecule has 1 amide bonds. The Kier molecular flexibility index (Phi) is 5.18. The molecule has 4 rings (SSSR count). The number of halogens is 3. The Morgan fingerprint density at radius 1 is 1.15 bits per heavy atom. The van der Waals surface area contributed by atoms with Crippen molar-refractivity contribution < 1.29 is 4.79 Å². The summed E-state index contributed by atoms with van der Waals surface area (Å²) in [6.45, 7) is 0.389. The predicted octanol–water partition coefficient (Wildman–Crippen LogP) is 5.66. The summed E-state index contributed by atoms with van der Waals surface area (Å²) < 4.78 is 1.64. The van der Waals surface area contributed by atoms with E-state index in [1.807, 2.05) is 0 Å². The number of nitrogens with zero attached hydrogens (tertiary/aromatic N) is 2. The molecule has 0 saturated heterocycles. The maximum absolute atomic E-state index is 12.4. The summed E-state index contributed by atoms with van der Waals surface area (Å²) in [5.74, 6) is 2.45. The Labute approximate surface area is 167 Å². The molecule has 2 aromatic rings. The maximum atomic E-state index is 12.4. The molecule has 0 aliphatic heterocycles. The lowest BCUT2D eigenvalue weighted by molar-refractivity contribution is -0.117. The topological polar surface area (TPSA) is 46.9 Å². The van der Waals surface area contributed by atoms with Crippen LogP contribution in [0.1, 0.15) is 37.7 Å². The minimum atomic E-state index is -0.00882. The zero-order valence-corrected chi connectivity index (χ0v) is 16.5. The SMILES string of the molecule is O=C(CC1CC2CCC1C2)Nc1nn(Cc2c(Cl)cccc2Cl)cc1Cl. The van der Waals surface area contributed by atoms with Gasteiger partial charge in [-0.05, 0) is 49.1 Å². The normalized spacial score (nSPS) is 24.2. The van der Waals surface area contributed by atoms with Gasteiger partial charge in [-0.1, -0.05) is 47.3 Å². The Balaban J connectivity index is 1.41. The fourth-order valence-corrected chi connectivity index (χ4v) is 5.17. The highest BCUT2D eigenvalue weighted by atomic mass is 35.5. The van der Waals surface area contributed by atoms with Gasteiger partial charge in [-0.3, -0.25) is 9.48 Å². The van der Waals surface area contributed by atoms with Crippen LogP contribution >= 0.6 is 34.8 Å². The number of carbonyl (C=O) groups excluding carboxylic acids is 1.